The standard InChI is InChI=1S/C14H25N5O2/c1-9-10(2)21-11(19-9)7-17-13(16-6)18-8-14(3,4)12(20)15-5/h7-8H2,1-6H3,(H,15,20)(H2,16,17,18). The van der Waals surface area contributed by atoms with Crippen LogP contribution in [0.2, 0.25) is 0 Å². The zero-order valence-corrected chi connectivity index (χ0v) is 13.6. The number of aromatic nitrogens is 1. The lowest BCUT2D eigenvalue weighted by Crippen LogP contribution is -2.47. The molecule has 0 bridgehead atoms. The van der Waals surface area contributed by atoms with E-state index in [0.29, 0.717) is 24.9 Å². The number of aryl methyl sites for hydroxylation is 2. The summed E-state index contributed by atoms with van der Waals surface area (Å²) in [5, 5.41) is 8.88. The fraction of sp³-hybridized carbons (Fsp3) is 0.643. The Balaban J connectivity index is 2.51. The molecule has 3 N–H and O–H groups in total. The molecule has 0 unspecified atom stereocenters. The van der Waals surface area contributed by atoms with Crippen molar-refractivity contribution in [3.63, 3.8) is 0 Å². The van der Waals surface area contributed by atoms with E-state index in [1.807, 2.05) is 27.7 Å². The lowest BCUT2D eigenvalue weighted by molar-refractivity contribution is -0.128. The molecule has 7 nitrogen and oxygen atoms in total. The maximum absolute atomic E-state index is 11.7. The molecule has 0 atom stereocenters. The van der Waals surface area contributed by atoms with Crippen molar-refractivity contribution >= 4 is 11.9 Å². The van der Waals surface area contributed by atoms with Gasteiger partial charge in [-0.05, 0) is 27.7 Å². The molecule has 1 rings (SSSR count). The largest absolute Gasteiger partial charge is 0.444 e. The van der Waals surface area contributed by atoms with Crippen LogP contribution < -0.4 is 16.0 Å². The van der Waals surface area contributed by atoms with Crippen LogP contribution in [0, 0.1) is 19.3 Å². The number of nitrogens with zero attached hydrogens (tertiary/aromatic N) is 2. The second-order valence-corrected chi connectivity index (χ2v) is 5.49. The summed E-state index contributed by atoms with van der Waals surface area (Å²) in [6, 6.07) is 0. The quantitative estimate of drug-likeness (QED) is 0.550. The van der Waals surface area contributed by atoms with E-state index in [1.165, 1.54) is 0 Å². The molecule has 7 heteroatoms. The van der Waals surface area contributed by atoms with Crippen LogP contribution in [0.1, 0.15) is 31.2 Å². The van der Waals surface area contributed by atoms with Crippen molar-refractivity contribution < 1.29 is 9.21 Å². The van der Waals surface area contributed by atoms with Gasteiger partial charge in [0, 0.05) is 20.6 Å². The van der Waals surface area contributed by atoms with Crippen molar-refractivity contribution in [3.05, 3.63) is 17.3 Å². The molecule has 0 aliphatic heterocycles. The second-order valence-electron chi connectivity index (χ2n) is 5.49. The number of oxazole rings is 1. The molecule has 21 heavy (non-hydrogen) atoms. The smallest absolute Gasteiger partial charge is 0.227 e. The summed E-state index contributed by atoms with van der Waals surface area (Å²) >= 11 is 0. The van der Waals surface area contributed by atoms with E-state index in [2.05, 4.69) is 25.9 Å². The Kier molecular flexibility index (Phi) is 5.75. The Bertz CT molecular complexity index is 500. The summed E-state index contributed by atoms with van der Waals surface area (Å²) in [5.41, 5.74) is 0.359. The summed E-state index contributed by atoms with van der Waals surface area (Å²) in [7, 11) is 3.30. The average molecular weight is 295 g/mol. The van der Waals surface area contributed by atoms with Crippen LogP contribution in [0.25, 0.3) is 0 Å². The summed E-state index contributed by atoms with van der Waals surface area (Å²) < 4.78 is 5.49. The van der Waals surface area contributed by atoms with E-state index in [4.69, 9.17) is 4.42 Å². The number of nitrogens with one attached hydrogen (secondary N) is 3. The molecule has 0 aliphatic rings. The number of amides is 1. The van der Waals surface area contributed by atoms with E-state index >= 15 is 0 Å². The monoisotopic (exact) mass is 295 g/mol. The van der Waals surface area contributed by atoms with Gasteiger partial charge in [0.1, 0.15) is 5.76 Å². The van der Waals surface area contributed by atoms with Crippen LogP contribution in [0.4, 0.5) is 0 Å². The van der Waals surface area contributed by atoms with Gasteiger partial charge in [0.2, 0.25) is 11.8 Å². The fourth-order valence-corrected chi connectivity index (χ4v) is 1.72. The molecular formula is C14H25N5O2. The molecule has 118 valence electrons. The van der Waals surface area contributed by atoms with Gasteiger partial charge in [0.15, 0.2) is 5.96 Å². The van der Waals surface area contributed by atoms with Gasteiger partial charge >= 0.3 is 0 Å². The van der Waals surface area contributed by atoms with E-state index in [0.717, 1.165) is 11.5 Å². The Morgan fingerprint density at radius 3 is 2.48 bits per heavy atom. The van der Waals surface area contributed by atoms with Crippen molar-refractivity contribution in [2.75, 3.05) is 20.6 Å². The van der Waals surface area contributed by atoms with Gasteiger partial charge in [0.25, 0.3) is 0 Å². The predicted molar refractivity (Wildman–Crippen MR) is 82.0 cm³/mol. The van der Waals surface area contributed by atoms with Gasteiger partial charge in [0.05, 0.1) is 17.7 Å². The molecule has 0 aromatic carbocycles. The van der Waals surface area contributed by atoms with Gasteiger partial charge in [-0.3, -0.25) is 9.79 Å². The first-order valence-corrected chi connectivity index (χ1v) is 6.89. The summed E-state index contributed by atoms with van der Waals surface area (Å²) in [5.74, 6) is 2.00. The highest BCUT2D eigenvalue weighted by molar-refractivity contribution is 5.84. The fourth-order valence-electron chi connectivity index (χ4n) is 1.72. The van der Waals surface area contributed by atoms with Gasteiger partial charge < -0.3 is 20.4 Å². The first-order valence-electron chi connectivity index (χ1n) is 6.89. The normalized spacial score (nSPS) is 12.2. The molecule has 1 aromatic heterocycles. The van der Waals surface area contributed by atoms with E-state index < -0.39 is 5.41 Å². The third-order valence-corrected chi connectivity index (χ3v) is 3.24. The van der Waals surface area contributed by atoms with Crippen molar-refractivity contribution in [2.24, 2.45) is 10.4 Å². The Morgan fingerprint density at radius 2 is 2.00 bits per heavy atom. The summed E-state index contributed by atoms with van der Waals surface area (Å²) in [6.07, 6.45) is 0. The highest BCUT2D eigenvalue weighted by Gasteiger charge is 2.26. The minimum absolute atomic E-state index is 0.0237. The van der Waals surface area contributed by atoms with Crippen molar-refractivity contribution in [3.8, 4) is 0 Å². The van der Waals surface area contributed by atoms with Gasteiger partial charge in [-0.1, -0.05) is 0 Å². The molecule has 0 saturated carbocycles. The SMILES string of the molecule is CN=C(NCc1nc(C)c(C)o1)NCC(C)(C)C(=O)NC. The molecule has 1 amide bonds. The van der Waals surface area contributed by atoms with E-state index in [9.17, 15) is 4.79 Å². The maximum atomic E-state index is 11.7. The number of carbonyl (C=O) groups excluding carboxylic acids is 1. The third-order valence-electron chi connectivity index (χ3n) is 3.24. The zero-order chi connectivity index (χ0) is 16.0. The average Bonchev–Trinajstić information content (AvgIpc) is 2.76. The lowest BCUT2D eigenvalue weighted by atomic mass is 9.92. The second kappa shape index (κ2) is 7.10. The zero-order valence-electron chi connectivity index (χ0n) is 13.6. The minimum Gasteiger partial charge on any atom is -0.444 e. The molecule has 0 saturated heterocycles. The molecule has 0 aliphatic carbocycles. The number of aliphatic imine (C=N–C) groups is 1. The number of hydrogen-bond acceptors (Lipinski definition) is 4. The Morgan fingerprint density at radius 1 is 1.33 bits per heavy atom. The first-order chi connectivity index (χ1) is 9.80. The lowest BCUT2D eigenvalue weighted by Gasteiger charge is -2.24. The van der Waals surface area contributed by atoms with Gasteiger partial charge in [-0.25, -0.2) is 4.98 Å². The molecular weight excluding hydrogens is 270 g/mol. The van der Waals surface area contributed by atoms with Crippen LogP contribution in [-0.4, -0.2) is 37.5 Å². The summed E-state index contributed by atoms with van der Waals surface area (Å²) in [4.78, 5) is 20.1. The van der Waals surface area contributed by atoms with Crippen LogP contribution in [-0.2, 0) is 11.3 Å². The van der Waals surface area contributed by atoms with Crippen molar-refractivity contribution in [1.82, 2.24) is 20.9 Å². The molecule has 0 fully saturated rings. The Hall–Kier alpha value is -2.05. The number of hydrogen-bond donors (Lipinski definition) is 3. The first kappa shape index (κ1) is 17.0. The van der Waals surface area contributed by atoms with Crippen LogP contribution >= 0.6 is 0 Å². The molecule has 1 heterocycles. The number of rotatable bonds is 5. The van der Waals surface area contributed by atoms with E-state index in [-0.39, 0.29) is 5.91 Å². The van der Waals surface area contributed by atoms with Gasteiger partial charge in [-0.2, -0.15) is 0 Å². The van der Waals surface area contributed by atoms with Crippen LogP contribution in [0.15, 0.2) is 9.41 Å². The van der Waals surface area contributed by atoms with E-state index in [1.54, 1.807) is 14.1 Å². The molecule has 0 spiro atoms. The Labute approximate surface area is 125 Å². The van der Waals surface area contributed by atoms with Crippen LogP contribution in [0.3, 0.4) is 0 Å². The summed E-state index contributed by atoms with van der Waals surface area (Å²) in [6.45, 7) is 8.43. The number of guanidine groups is 1. The van der Waals surface area contributed by atoms with Crippen LogP contribution in [0.5, 0.6) is 0 Å². The van der Waals surface area contributed by atoms with Gasteiger partial charge in [-0.15, -0.1) is 0 Å². The minimum atomic E-state index is -0.525. The predicted octanol–water partition coefficient (Wildman–Crippen LogP) is 0.729. The molecule has 0 radical (unpaired) electrons. The topological polar surface area (TPSA) is 91.6 Å². The highest BCUT2D eigenvalue weighted by atomic mass is 16.4. The van der Waals surface area contributed by atoms with Crippen molar-refractivity contribution in [1.29, 1.82) is 0 Å². The maximum Gasteiger partial charge on any atom is 0.227 e. The third kappa shape index (κ3) is 4.77. The molecule has 1 aromatic rings. The highest BCUT2D eigenvalue weighted by Crippen LogP contribution is 2.13. The van der Waals surface area contributed by atoms with Crippen molar-refractivity contribution in [2.45, 2.75) is 34.2 Å². The number of carbonyl (C=O) groups is 1.